The molecule has 2 aliphatic rings. The van der Waals surface area contributed by atoms with Crippen LogP contribution in [0.1, 0.15) is 18.4 Å². The average molecular weight is 421 g/mol. The van der Waals surface area contributed by atoms with Gasteiger partial charge in [0.25, 0.3) is 0 Å². The lowest BCUT2D eigenvalue weighted by Crippen LogP contribution is -2.49. The lowest BCUT2D eigenvalue weighted by Gasteiger charge is -2.37. The molecule has 1 saturated carbocycles. The Morgan fingerprint density at radius 3 is 2.43 bits per heavy atom. The normalized spacial score (nSPS) is 16.8. The number of likely N-dealkylation sites (tertiary alicyclic amines) is 1. The summed E-state index contributed by atoms with van der Waals surface area (Å²) < 4.78 is 10.6. The first-order valence-corrected chi connectivity index (χ1v) is 11.1. The van der Waals surface area contributed by atoms with E-state index in [2.05, 4.69) is 46.3 Å². The SMILES string of the molecule is COC(=O)C1CN(Cc2ccc(-c3ncc(-c4ccc(OC5CC5)cc4)s3)cc2)C1. The van der Waals surface area contributed by atoms with E-state index >= 15 is 0 Å². The van der Waals surface area contributed by atoms with Gasteiger partial charge in [0.15, 0.2) is 0 Å². The van der Waals surface area contributed by atoms with Gasteiger partial charge < -0.3 is 9.47 Å². The highest BCUT2D eigenvalue weighted by Crippen LogP contribution is 2.34. The van der Waals surface area contributed by atoms with Crippen LogP contribution in [0.5, 0.6) is 5.75 Å². The summed E-state index contributed by atoms with van der Waals surface area (Å²) in [6.07, 6.45) is 4.71. The number of thiazole rings is 1. The number of methoxy groups -OCH3 is 1. The molecule has 1 saturated heterocycles. The molecule has 154 valence electrons. The molecule has 30 heavy (non-hydrogen) atoms. The Hall–Kier alpha value is -2.70. The molecule has 0 atom stereocenters. The van der Waals surface area contributed by atoms with Crippen LogP contribution >= 0.6 is 11.3 Å². The Morgan fingerprint density at radius 1 is 1.07 bits per heavy atom. The van der Waals surface area contributed by atoms with Gasteiger partial charge in [0.05, 0.1) is 24.0 Å². The summed E-state index contributed by atoms with van der Waals surface area (Å²) in [5.41, 5.74) is 3.53. The average Bonchev–Trinajstić information content (AvgIpc) is 3.43. The number of rotatable bonds is 7. The van der Waals surface area contributed by atoms with Gasteiger partial charge in [-0.2, -0.15) is 0 Å². The monoisotopic (exact) mass is 420 g/mol. The van der Waals surface area contributed by atoms with Crippen molar-refractivity contribution in [1.82, 2.24) is 9.88 Å². The number of hydrogen-bond acceptors (Lipinski definition) is 6. The van der Waals surface area contributed by atoms with Crippen molar-refractivity contribution in [3.63, 3.8) is 0 Å². The van der Waals surface area contributed by atoms with Gasteiger partial charge in [0, 0.05) is 31.4 Å². The minimum absolute atomic E-state index is 0.0253. The van der Waals surface area contributed by atoms with E-state index in [-0.39, 0.29) is 11.9 Å². The van der Waals surface area contributed by atoms with Crippen molar-refractivity contribution >= 4 is 17.3 Å². The largest absolute Gasteiger partial charge is 0.490 e. The zero-order chi connectivity index (χ0) is 20.5. The van der Waals surface area contributed by atoms with Crippen LogP contribution < -0.4 is 4.74 Å². The van der Waals surface area contributed by atoms with Crippen molar-refractivity contribution in [3.05, 3.63) is 60.3 Å². The van der Waals surface area contributed by atoms with E-state index in [1.807, 2.05) is 18.3 Å². The Morgan fingerprint density at radius 2 is 1.77 bits per heavy atom. The molecule has 1 aliphatic carbocycles. The number of ether oxygens (including phenoxy) is 2. The highest BCUT2D eigenvalue weighted by atomic mass is 32.1. The van der Waals surface area contributed by atoms with Crippen molar-refractivity contribution in [3.8, 4) is 26.8 Å². The summed E-state index contributed by atoms with van der Waals surface area (Å²) in [7, 11) is 1.45. The molecule has 1 aromatic heterocycles. The molecule has 2 aromatic carbocycles. The molecule has 5 rings (SSSR count). The molecule has 6 heteroatoms. The van der Waals surface area contributed by atoms with Gasteiger partial charge in [-0.25, -0.2) is 4.98 Å². The standard InChI is InChI=1S/C24H24N2O3S/c1-28-24(27)19-14-26(15-19)13-16-2-4-18(5-3-16)23-25-12-22(30-23)17-6-8-20(9-7-17)29-21-10-11-21/h2-9,12,19,21H,10-11,13-15H2,1H3. The van der Waals surface area contributed by atoms with E-state index in [0.29, 0.717) is 6.10 Å². The smallest absolute Gasteiger partial charge is 0.311 e. The molecule has 0 N–H and O–H groups in total. The fraction of sp³-hybridized carbons (Fsp3) is 0.333. The Balaban J connectivity index is 1.20. The van der Waals surface area contributed by atoms with E-state index in [0.717, 1.165) is 46.4 Å². The number of aromatic nitrogens is 1. The summed E-state index contributed by atoms with van der Waals surface area (Å²) in [5.74, 6) is 0.866. The number of benzene rings is 2. The second kappa shape index (κ2) is 8.20. The molecule has 0 bridgehead atoms. The lowest BCUT2D eigenvalue weighted by atomic mass is 9.99. The topological polar surface area (TPSA) is 51.7 Å². The number of carbonyl (C=O) groups excluding carboxylic acids is 1. The van der Waals surface area contributed by atoms with E-state index in [1.165, 1.54) is 25.5 Å². The maximum Gasteiger partial charge on any atom is 0.311 e. The molecule has 0 unspecified atom stereocenters. The second-order valence-corrected chi connectivity index (χ2v) is 9.01. The zero-order valence-corrected chi connectivity index (χ0v) is 17.7. The third-order valence-electron chi connectivity index (χ3n) is 5.57. The first-order valence-electron chi connectivity index (χ1n) is 10.3. The molecule has 0 spiro atoms. The van der Waals surface area contributed by atoms with E-state index in [9.17, 15) is 4.79 Å². The highest BCUT2D eigenvalue weighted by molar-refractivity contribution is 7.18. The van der Waals surface area contributed by atoms with Crippen LogP contribution in [-0.4, -0.2) is 42.2 Å². The van der Waals surface area contributed by atoms with Gasteiger partial charge in [0.1, 0.15) is 10.8 Å². The maximum absolute atomic E-state index is 11.5. The lowest BCUT2D eigenvalue weighted by molar-refractivity contribution is -0.151. The second-order valence-electron chi connectivity index (χ2n) is 7.98. The van der Waals surface area contributed by atoms with Crippen molar-refractivity contribution in [2.24, 2.45) is 5.92 Å². The van der Waals surface area contributed by atoms with Gasteiger partial charge >= 0.3 is 5.97 Å². The van der Waals surface area contributed by atoms with Crippen LogP contribution in [0.25, 0.3) is 21.0 Å². The van der Waals surface area contributed by atoms with Gasteiger partial charge in [-0.3, -0.25) is 9.69 Å². The summed E-state index contributed by atoms with van der Waals surface area (Å²) in [4.78, 5) is 19.5. The molecular formula is C24H24N2O3S. The minimum Gasteiger partial charge on any atom is -0.490 e. The quantitative estimate of drug-likeness (QED) is 0.522. The summed E-state index contributed by atoms with van der Waals surface area (Å²) in [6.45, 7) is 2.40. The molecule has 1 aliphatic heterocycles. The van der Waals surface area contributed by atoms with Gasteiger partial charge in [-0.1, -0.05) is 24.3 Å². The first kappa shape index (κ1) is 19.3. The minimum atomic E-state index is -0.105. The number of esters is 1. The number of hydrogen-bond donors (Lipinski definition) is 0. The fourth-order valence-electron chi connectivity index (χ4n) is 3.64. The first-order chi connectivity index (χ1) is 14.7. The summed E-state index contributed by atoms with van der Waals surface area (Å²) in [6, 6.07) is 16.8. The van der Waals surface area contributed by atoms with Crippen molar-refractivity contribution in [1.29, 1.82) is 0 Å². The third-order valence-corrected chi connectivity index (χ3v) is 6.67. The van der Waals surface area contributed by atoms with Crippen LogP contribution in [-0.2, 0) is 16.1 Å². The van der Waals surface area contributed by atoms with Crippen molar-refractivity contribution in [2.75, 3.05) is 20.2 Å². The Bertz CT molecular complexity index is 1020. The molecule has 5 nitrogen and oxygen atoms in total. The molecule has 2 fully saturated rings. The number of carbonyl (C=O) groups is 1. The van der Waals surface area contributed by atoms with Gasteiger partial charge in [-0.05, 0) is 48.2 Å². The van der Waals surface area contributed by atoms with Crippen LogP contribution in [0, 0.1) is 5.92 Å². The highest BCUT2D eigenvalue weighted by Gasteiger charge is 2.33. The van der Waals surface area contributed by atoms with E-state index in [1.54, 1.807) is 11.3 Å². The molecule has 2 heterocycles. The summed E-state index contributed by atoms with van der Waals surface area (Å²) >= 11 is 1.70. The van der Waals surface area contributed by atoms with Gasteiger partial charge in [-0.15, -0.1) is 11.3 Å². The van der Waals surface area contributed by atoms with Gasteiger partial charge in [0.2, 0.25) is 0 Å². The van der Waals surface area contributed by atoms with E-state index in [4.69, 9.17) is 9.47 Å². The van der Waals surface area contributed by atoms with Crippen LogP contribution in [0.3, 0.4) is 0 Å². The molecular weight excluding hydrogens is 396 g/mol. The van der Waals surface area contributed by atoms with Crippen LogP contribution in [0.2, 0.25) is 0 Å². The van der Waals surface area contributed by atoms with Crippen LogP contribution in [0.15, 0.2) is 54.7 Å². The molecule has 0 radical (unpaired) electrons. The third kappa shape index (κ3) is 4.25. The maximum atomic E-state index is 11.5. The van der Waals surface area contributed by atoms with E-state index < -0.39 is 0 Å². The predicted octanol–water partition coefficient (Wildman–Crippen LogP) is 4.62. The molecule has 0 amide bonds. The van der Waals surface area contributed by atoms with Crippen molar-refractivity contribution < 1.29 is 14.3 Å². The number of nitrogens with zero attached hydrogens (tertiary/aromatic N) is 2. The summed E-state index contributed by atoms with van der Waals surface area (Å²) in [5, 5.41) is 1.02. The molecule has 3 aromatic rings. The Kier molecular flexibility index (Phi) is 5.27. The Labute approximate surface area is 180 Å². The van der Waals surface area contributed by atoms with Crippen LogP contribution in [0.4, 0.5) is 0 Å². The van der Waals surface area contributed by atoms with Crippen molar-refractivity contribution in [2.45, 2.75) is 25.5 Å². The predicted molar refractivity (Wildman–Crippen MR) is 117 cm³/mol. The zero-order valence-electron chi connectivity index (χ0n) is 16.9. The fourth-order valence-corrected chi connectivity index (χ4v) is 4.57.